The second-order valence-electron chi connectivity index (χ2n) is 5.61. The molecule has 27 heavy (non-hydrogen) atoms. The van der Waals surface area contributed by atoms with Crippen LogP contribution in [-0.2, 0) is 28.8 Å². The molecule has 0 bridgehead atoms. The molecule has 152 valence electrons. The first-order chi connectivity index (χ1) is 12.4. The topological polar surface area (TPSA) is 231 Å². The van der Waals surface area contributed by atoms with E-state index in [2.05, 4.69) is 10.6 Å². The fourth-order valence-corrected chi connectivity index (χ4v) is 1.78. The largest absolute Gasteiger partial charge is 0.481 e. The molecular formula is C14H23N5O8. The Morgan fingerprint density at radius 3 is 2.00 bits per heavy atom. The Labute approximate surface area is 153 Å². The summed E-state index contributed by atoms with van der Waals surface area (Å²) in [5.41, 5.74) is 10.5. The van der Waals surface area contributed by atoms with E-state index in [1.807, 2.05) is 5.32 Å². The molecule has 0 aromatic carbocycles. The second kappa shape index (κ2) is 11.4. The van der Waals surface area contributed by atoms with Crippen molar-refractivity contribution in [3.05, 3.63) is 0 Å². The van der Waals surface area contributed by atoms with E-state index in [9.17, 15) is 28.8 Å². The van der Waals surface area contributed by atoms with E-state index in [4.69, 9.17) is 21.7 Å². The number of nitrogens with two attached hydrogens (primary N) is 2. The third-order valence-corrected chi connectivity index (χ3v) is 3.22. The first kappa shape index (κ1) is 23.8. The average molecular weight is 389 g/mol. The van der Waals surface area contributed by atoms with Gasteiger partial charge >= 0.3 is 11.9 Å². The van der Waals surface area contributed by atoms with E-state index >= 15 is 0 Å². The zero-order chi connectivity index (χ0) is 21.1. The Hall–Kier alpha value is -3.22. The van der Waals surface area contributed by atoms with Gasteiger partial charge in [0.15, 0.2) is 0 Å². The molecule has 0 aromatic rings. The molecular weight excluding hydrogens is 366 g/mol. The molecule has 13 heteroatoms. The number of carboxylic acids is 2. The first-order valence-electron chi connectivity index (χ1n) is 7.80. The summed E-state index contributed by atoms with van der Waals surface area (Å²) >= 11 is 0. The molecule has 0 saturated carbocycles. The molecule has 9 N–H and O–H groups in total. The Morgan fingerprint density at radius 1 is 0.926 bits per heavy atom. The van der Waals surface area contributed by atoms with Gasteiger partial charge in [-0.05, 0) is 13.3 Å². The lowest BCUT2D eigenvalue weighted by Crippen LogP contribution is -2.55. The molecule has 0 fully saturated rings. The first-order valence-corrected chi connectivity index (χ1v) is 7.80. The van der Waals surface area contributed by atoms with Crippen LogP contribution in [0.15, 0.2) is 0 Å². The lowest BCUT2D eigenvalue weighted by atomic mass is 10.1. The van der Waals surface area contributed by atoms with Gasteiger partial charge in [-0.1, -0.05) is 0 Å². The lowest BCUT2D eigenvalue weighted by molar-refractivity contribution is -0.141. The third kappa shape index (κ3) is 10.4. The number of nitrogens with one attached hydrogen (secondary N) is 3. The van der Waals surface area contributed by atoms with Gasteiger partial charge in [-0.25, -0.2) is 0 Å². The minimum Gasteiger partial charge on any atom is -0.481 e. The van der Waals surface area contributed by atoms with Crippen molar-refractivity contribution in [1.29, 1.82) is 0 Å². The molecule has 4 amide bonds. The smallest absolute Gasteiger partial charge is 0.322 e. The number of carbonyl (C=O) groups excluding carboxylic acids is 4. The summed E-state index contributed by atoms with van der Waals surface area (Å²) in [5, 5.41) is 23.6. The Morgan fingerprint density at radius 2 is 1.52 bits per heavy atom. The maximum absolute atomic E-state index is 12.1. The van der Waals surface area contributed by atoms with Crippen LogP contribution in [0.5, 0.6) is 0 Å². The minimum atomic E-state index is -1.54. The normalized spacial score (nSPS) is 13.6. The van der Waals surface area contributed by atoms with Crippen molar-refractivity contribution in [2.45, 2.75) is 44.3 Å². The highest BCUT2D eigenvalue weighted by molar-refractivity contribution is 5.95. The van der Waals surface area contributed by atoms with Crippen molar-refractivity contribution in [2.75, 3.05) is 6.54 Å². The summed E-state index contributed by atoms with van der Waals surface area (Å²) in [6.45, 7) is 0.507. The van der Waals surface area contributed by atoms with Gasteiger partial charge in [0.25, 0.3) is 0 Å². The lowest BCUT2D eigenvalue weighted by Gasteiger charge is -2.21. The molecule has 0 aliphatic heterocycles. The van der Waals surface area contributed by atoms with Crippen LogP contribution < -0.4 is 27.4 Å². The van der Waals surface area contributed by atoms with Gasteiger partial charge in [0.1, 0.15) is 18.6 Å². The second-order valence-corrected chi connectivity index (χ2v) is 5.61. The predicted octanol–water partition coefficient (Wildman–Crippen LogP) is -3.76. The monoisotopic (exact) mass is 389 g/mol. The number of rotatable bonds is 12. The van der Waals surface area contributed by atoms with E-state index in [1.54, 1.807) is 0 Å². The van der Waals surface area contributed by atoms with Crippen LogP contribution in [-0.4, -0.2) is 70.5 Å². The van der Waals surface area contributed by atoms with E-state index in [-0.39, 0.29) is 12.8 Å². The van der Waals surface area contributed by atoms with Gasteiger partial charge in [0.05, 0.1) is 12.5 Å². The highest BCUT2D eigenvalue weighted by Gasteiger charge is 2.27. The van der Waals surface area contributed by atoms with Crippen molar-refractivity contribution in [3.63, 3.8) is 0 Å². The third-order valence-electron chi connectivity index (χ3n) is 3.22. The van der Waals surface area contributed by atoms with Crippen LogP contribution >= 0.6 is 0 Å². The number of carboxylic acid groups (broad SMARTS) is 2. The molecule has 0 heterocycles. The van der Waals surface area contributed by atoms with Crippen molar-refractivity contribution in [3.8, 4) is 0 Å². The van der Waals surface area contributed by atoms with Gasteiger partial charge in [0, 0.05) is 6.42 Å². The number of primary amides is 1. The predicted molar refractivity (Wildman–Crippen MR) is 88.8 cm³/mol. The van der Waals surface area contributed by atoms with E-state index in [0.717, 1.165) is 0 Å². The molecule has 3 atom stereocenters. The molecule has 0 saturated heterocycles. The van der Waals surface area contributed by atoms with Crippen molar-refractivity contribution in [1.82, 2.24) is 16.0 Å². The number of hydrogen-bond acceptors (Lipinski definition) is 7. The van der Waals surface area contributed by atoms with E-state index < -0.39 is 66.7 Å². The molecule has 0 rings (SSSR count). The number of aliphatic carboxylic acids is 2. The quantitative estimate of drug-likeness (QED) is 0.173. The van der Waals surface area contributed by atoms with Crippen LogP contribution in [0.4, 0.5) is 0 Å². The minimum absolute atomic E-state index is 0.0330. The van der Waals surface area contributed by atoms with Crippen LogP contribution in [0, 0.1) is 0 Å². The summed E-state index contributed by atoms with van der Waals surface area (Å²) in [7, 11) is 0. The summed E-state index contributed by atoms with van der Waals surface area (Å²) in [6.07, 6.45) is -0.954. The highest BCUT2D eigenvalue weighted by atomic mass is 16.4. The summed E-state index contributed by atoms with van der Waals surface area (Å²) in [4.78, 5) is 67.7. The fraction of sp³-hybridized carbons (Fsp3) is 0.571. The maximum Gasteiger partial charge on any atom is 0.322 e. The average Bonchev–Trinajstić information content (AvgIpc) is 2.55. The number of carbonyl (C=O) groups is 6. The Balaban J connectivity index is 4.77. The Kier molecular flexibility index (Phi) is 10.0. The summed E-state index contributed by atoms with van der Waals surface area (Å²) in [6, 6.07) is -3.82. The number of amides is 4. The van der Waals surface area contributed by atoms with Gasteiger partial charge in [-0.15, -0.1) is 0 Å². The molecule has 0 aromatic heterocycles. The van der Waals surface area contributed by atoms with Gasteiger partial charge in [-0.2, -0.15) is 0 Å². The molecule has 0 aliphatic carbocycles. The van der Waals surface area contributed by atoms with Gasteiger partial charge in [-0.3, -0.25) is 28.8 Å². The molecule has 0 spiro atoms. The number of hydrogen-bond donors (Lipinski definition) is 7. The van der Waals surface area contributed by atoms with Crippen LogP contribution in [0.2, 0.25) is 0 Å². The van der Waals surface area contributed by atoms with E-state index in [0.29, 0.717) is 0 Å². The zero-order valence-corrected chi connectivity index (χ0v) is 14.6. The fourth-order valence-electron chi connectivity index (χ4n) is 1.78. The summed E-state index contributed by atoms with van der Waals surface area (Å²) in [5.74, 6) is -6.05. The van der Waals surface area contributed by atoms with Gasteiger partial charge < -0.3 is 37.6 Å². The Bertz CT molecular complexity index is 608. The van der Waals surface area contributed by atoms with Crippen molar-refractivity contribution < 1.29 is 39.0 Å². The highest BCUT2D eigenvalue weighted by Crippen LogP contribution is 1.98. The van der Waals surface area contributed by atoms with Crippen molar-refractivity contribution >= 4 is 35.6 Å². The molecule has 0 radical (unpaired) electrons. The van der Waals surface area contributed by atoms with Crippen LogP contribution in [0.1, 0.15) is 26.2 Å². The zero-order valence-electron chi connectivity index (χ0n) is 14.6. The molecule has 3 unspecified atom stereocenters. The van der Waals surface area contributed by atoms with E-state index in [1.165, 1.54) is 6.92 Å². The standard InChI is InChI=1S/C14H23N5O8/c1-6(18-13(26)7(15)2-3-9(16)20)12(25)19-8(4-10(21)22)14(27)17-5-11(23)24/h6-8H,2-5,15H2,1H3,(H2,16,20)(H,17,27)(H,18,26)(H,19,25)(H,21,22)(H,23,24). The molecule has 13 nitrogen and oxygen atoms in total. The van der Waals surface area contributed by atoms with Gasteiger partial charge in [0.2, 0.25) is 23.6 Å². The van der Waals surface area contributed by atoms with Crippen molar-refractivity contribution in [2.24, 2.45) is 11.5 Å². The van der Waals surface area contributed by atoms with Crippen LogP contribution in [0.25, 0.3) is 0 Å². The SMILES string of the molecule is CC(NC(=O)C(N)CCC(N)=O)C(=O)NC(CC(=O)O)C(=O)NCC(=O)O. The molecule has 0 aliphatic rings. The van der Waals surface area contributed by atoms with Crippen LogP contribution in [0.3, 0.4) is 0 Å². The summed E-state index contributed by atoms with van der Waals surface area (Å²) < 4.78 is 0. The maximum atomic E-state index is 12.1.